The number of nitrogens with zero attached hydrogens (tertiary/aromatic N) is 1. The van der Waals surface area contributed by atoms with Gasteiger partial charge >= 0.3 is 0 Å². The summed E-state index contributed by atoms with van der Waals surface area (Å²) >= 11 is 0. The van der Waals surface area contributed by atoms with Crippen molar-refractivity contribution in [3.05, 3.63) is 58.6 Å². The smallest absolute Gasteiger partial charge is 0.269 e. The molecule has 0 aliphatic carbocycles. The molecule has 8 nitrogen and oxygen atoms in total. The molecule has 0 fully saturated rings. The van der Waals surface area contributed by atoms with Crippen LogP contribution in [0.4, 0.5) is 11.4 Å². The van der Waals surface area contributed by atoms with Crippen LogP contribution in [0.15, 0.2) is 48.5 Å². The monoisotopic (exact) mass is 346 g/mol. The molecule has 25 heavy (non-hydrogen) atoms. The maximum Gasteiger partial charge on any atom is 0.269 e. The molecule has 0 aliphatic heterocycles. The number of hydrogen-bond donors (Lipinski definition) is 1. The number of amides is 1. The number of anilines is 1. The molecule has 0 aliphatic rings. The second-order valence-corrected chi connectivity index (χ2v) is 4.95. The Hall–Kier alpha value is -3.13. The third-order valence-electron chi connectivity index (χ3n) is 3.11. The first-order valence-electron chi connectivity index (χ1n) is 7.47. The zero-order chi connectivity index (χ0) is 18.1. The summed E-state index contributed by atoms with van der Waals surface area (Å²) in [5, 5.41) is 13.2. The number of carbonyl (C=O) groups is 1. The third-order valence-corrected chi connectivity index (χ3v) is 3.11. The molecule has 1 N–H and O–H groups in total. The van der Waals surface area contributed by atoms with Gasteiger partial charge in [-0.2, -0.15) is 0 Å². The van der Waals surface area contributed by atoms with Gasteiger partial charge in [0, 0.05) is 24.9 Å². The second-order valence-electron chi connectivity index (χ2n) is 4.95. The minimum atomic E-state index is -0.501. The van der Waals surface area contributed by atoms with Gasteiger partial charge in [-0.05, 0) is 36.4 Å². The number of methoxy groups -OCH3 is 1. The normalized spacial score (nSPS) is 10.1. The van der Waals surface area contributed by atoms with E-state index in [1.54, 1.807) is 31.4 Å². The Morgan fingerprint density at radius 3 is 2.20 bits per heavy atom. The number of nitrogens with one attached hydrogen (secondary N) is 1. The van der Waals surface area contributed by atoms with E-state index >= 15 is 0 Å². The van der Waals surface area contributed by atoms with Gasteiger partial charge in [0.2, 0.25) is 0 Å². The predicted octanol–water partition coefficient (Wildman–Crippen LogP) is 2.64. The van der Waals surface area contributed by atoms with Crippen LogP contribution in [0.5, 0.6) is 11.5 Å². The van der Waals surface area contributed by atoms with Crippen molar-refractivity contribution in [2.75, 3.05) is 32.2 Å². The van der Waals surface area contributed by atoms with Crippen LogP contribution in [0.3, 0.4) is 0 Å². The van der Waals surface area contributed by atoms with E-state index in [4.69, 9.17) is 14.2 Å². The Morgan fingerprint density at radius 1 is 1.00 bits per heavy atom. The average Bonchev–Trinajstić information content (AvgIpc) is 2.62. The minimum Gasteiger partial charge on any atom is -0.491 e. The summed E-state index contributed by atoms with van der Waals surface area (Å²) in [7, 11) is 1.60. The fourth-order valence-corrected chi connectivity index (χ4v) is 1.89. The summed E-state index contributed by atoms with van der Waals surface area (Å²) in [5.41, 5.74) is 0.570. The molecule has 0 bridgehead atoms. The van der Waals surface area contributed by atoms with Gasteiger partial charge in [-0.25, -0.2) is 0 Å². The maximum atomic E-state index is 11.9. The van der Waals surface area contributed by atoms with Crippen LogP contribution in [0.2, 0.25) is 0 Å². The zero-order valence-electron chi connectivity index (χ0n) is 13.6. The van der Waals surface area contributed by atoms with Crippen molar-refractivity contribution in [2.45, 2.75) is 0 Å². The summed E-state index contributed by atoms with van der Waals surface area (Å²) in [4.78, 5) is 21.9. The number of nitro benzene ring substituents is 1. The van der Waals surface area contributed by atoms with Gasteiger partial charge in [0.1, 0.15) is 18.1 Å². The molecule has 1 amide bonds. The van der Waals surface area contributed by atoms with Gasteiger partial charge in [-0.3, -0.25) is 14.9 Å². The molecule has 0 saturated carbocycles. The molecule has 0 spiro atoms. The summed E-state index contributed by atoms with van der Waals surface area (Å²) in [6.45, 7) is 0.744. The molecule has 2 aromatic carbocycles. The lowest BCUT2D eigenvalue weighted by Crippen LogP contribution is -2.20. The van der Waals surface area contributed by atoms with E-state index in [1.165, 1.54) is 24.3 Å². The van der Waals surface area contributed by atoms with Gasteiger partial charge < -0.3 is 19.5 Å². The minimum absolute atomic E-state index is 0.0374. The van der Waals surface area contributed by atoms with E-state index in [9.17, 15) is 14.9 Å². The summed E-state index contributed by atoms with van der Waals surface area (Å²) in [6.07, 6.45) is 0. The van der Waals surface area contributed by atoms with E-state index in [0.29, 0.717) is 30.4 Å². The topological polar surface area (TPSA) is 99.9 Å². The number of nitro groups is 1. The van der Waals surface area contributed by atoms with Crippen molar-refractivity contribution in [1.82, 2.24) is 0 Å². The Labute approximate surface area is 144 Å². The van der Waals surface area contributed by atoms with Crippen LogP contribution in [-0.4, -0.2) is 37.8 Å². The van der Waals surface area contributed by atoms with Gasteiger partial charge in [-0.15, -0.1) is 0 Å². The Morgan fingerprint density at radius 2 is 1.60 bits per heavy atom. The van der Waals surface area contributed by atoms with Crippen molar-refractivity contribution in [2.24, 2.45) is 0 Å². The number of hydrogen-bond acceptors (Lipinski definition) is 6. The quantitative estimate of drug-likeness (QED) is 0.426. The molecular weight excluding hydrogens is 328 g/mol. The van der Waals surface area contributed by atoms with Gasteiger partial charge in [0.15, 0.2) is 6.61 Å². The van der Waals surface area contributed by atoms with Crippen molar-refractivity contribution >= 4 is 17.3 Å². The molecule has 0 radical (unpaired) electrons. The molecule has 0 unspecified atom stereocenters. The fourth-order valence-electron chi connectivity index (χ4n) is 1.89. The SMILES string of the molecule is COCCOc1ccc(NC(=O)COc2ccc([N+](=O)[O-])cc2)cc1. The van der Waals surface area contributed by atoms with Crippen molar-refractivity contribution in [3.63, 3.8) is 0 Å². The molecule has 2 aromatic rings. The Bertz CT molecular complexity index is 700. The van der Waals surface area contributed by atoms with E-state index in [2.05, 4.69) is 5.32 Å². The van der Waals surface area contributed by atoms with Crippen LogP contribution in [0.1, 0.15) is 0 Å². The highest BCUT2D eigenvalue weighted by Gasteiger charge is 2.07. The second kappa shape index (κ2) is 9.24. The number of benzene rings is 2. The molecule has 132 valence electrons. The van der Waals surface area contributed by atoms with Crippen molar-refractivity contribution < 1.29 is 23.9 Å². The molecule has 2 rings (SSSR count). The van der Waals surface area contributed by atoms with E-state index in [0.717, 1.165) is 0 Å². The number of ether oxygens (including phenoxy) is 3. The number of carbonyl (C=O) groups excluding carboxylic acids is 1. The highest BCUT2D eigenvalue weighted by atomic mass is 16.6. The standard InChI is InChI=1S/C17H18N2O6/c1-23-10-11-24-15-6-2-13(3-7-15)18-17(20)12-25-16-8-4-14(5-9-16)19(21)22/h2-9H,10-12H2,1H3,(H,18,20). The van der Waals surface area contributed by atoms with E-state index in [1.807, 2.05) is 0 Å². The Kier molecular flexibility index (Phi) is 6.73. The first-order chi connectivity index (χ1) is 12.1. The van der Waals surface area contributed by atoms with Crippen LogP contribution in [-0.2, 0) is 9.53 Å². The molecular formula is C17H18N2O6. The maximum absolute atomic E-state index is 11.9. The zero-order valence-corrected chi connectivity index (χ0v) is 13.6. The van der Waals surface area contributed by atoms with Crippen LogP contribution < -0.4 is 14.8 Å². The fraction of sp³-hybridized carbons (Fsp3) is 0.235. The van der Waals surface area contributed by atoms with E-state index < -0.39 is 4.92 Å². The summed E-state index contributed by atoms with van der Waals surface area (Å²) in [6, 6.07) is 12.4. The number of rotatable bonds is 9. The first-order valence-corrected chi connectivity index (χ1v) is 7.47. The largest absolute Gasteiger partial charge is 0.491 e. The summed E-state index contributed by atoms with van der Waals surface area (Å²) < 4.78 is 15.6. The highest BCUT2D eigenvalue weighted by Crippen LogP contribution is 2.18. The molecule has 0 heterocycles. The van der Waals surface area contributed by atoms with Gasteiger partial charge in [0.05, 0.1) is 11.5 Å². The lowest BCUT2D eigenvalue weighted by molar-refractivity contribution is -0.384. The molecule has 0 aromatic heterocycles. The van der Waals surface area contributed by atoms with Crippen molar-refractivity contribution in [3.8, 4) is 11.5 Å². The highest BCUT2D eigenvalue weighted by molar-refractivity contribution is 5.91. The summed E-state index contributed by atoms with van der Waals surface area (Å²) in [5.74, 6) is 0.714. The van der Waals surface area contributed by atoms with Gasteiger partial charge in [-0.1, -0.05) is 0 Å². The van der Waals surface area contributed by atoms with Crippen molar-refractivity contribution in [1.29, 1.82) is 0 Å². The number of non-ortho nitro benzene ring substituents is 1. The lowest BCUT2D eigenvalue weighted by Gasteiger charge is -2.09. The van der Waals surface area contributed by atoms with Crippen LogP contribution >= 0.6 is 0 Å². The molecule has 8 heteroatoms. The van der Waals surface area contributed by atoms with Crippen LogP contribution in [0, 0.1) is 10.1 Å². The molecule has 0 saturated heterocycles. The average molecular weight is 346 g/mol. The molecule has 0 atom stereocenters. The van der Waals surface area contributed by atoms with E-state index in [-0.39, 0.29) is 18.2 Å². The van der Waals surface area contributed by atoms with Gasteiger partial charge in [0.25, 0.3) is 11.6 Å². The third kappa shape index (κ3) is 6.11. The first kappa shape index (κ1) is 18.2. The Balaban J connectivity index is 1.78. The predicted molar refractivity (Wildman–Crippen MR) is 91.0 cm³/mol. The van der Waals surface area contributed by atoms with Crippen LogP contribution in [0.25, 0.3) is 0 Å². The lowest BCUT2D eigenvalue weighted by atomic mass is 10.3.